The minimum absolute atomic E-state index is 0.00429. The number of carbonyl (C=O) groups excluding carboxylic acids is 1. The maximum Gasteiger partial charge on any atom is 0.417 e. The Morgan fingerprint density at radius 3 is 2.39 bits per heavy atom. The highest BCUT2D eigenvalue weighted by molar-refractivity contribution is 5.98. The molecule has 2 aromatic heterocycles. The Kier molecular flexibility index (Phi) is 7.29. The topological polar surface area (TPSA) is 73.1 Å². The number of pyridine rings is 1. The molecular weight excluding hydrogens is 442 g/mol. The molecule has 2 atom stereocenters. The summed E-state index contributed by atoms with van der Waals surface area (Å²) >= 11 is 0. The third-order valence-electron chi connectivity index (χ3n) is 5.16. The standard InChI is InChI=1S/C22H23F4N5O2/c1-4-18(14(3)33-20-9-6-15(13-27-20)22(24,25)26)30(5-2)21(32)17-12-16(23)7-8-19(17)31-28-10-11-29-31/h6-14,18H,4-5H2,1-3H3. The average Bonchev–Trinajstić information content (AvgIpc) is 3.31. The maximum absolute atomic E-state index is 14.0. The number of rotatable bonds is 8. The van der Waals surface area contributed by atoms with E-state index < -0.39 is 35.6 Å². The fourth-order valence-electron chi connectivity index (χ4n) is 3.57. The number of benzene rings is 1. The van der Waals surface area contributed by atoms with Crippen LogP contribution in [0.2, 0.25) is 0 Å². The lowest BCUT2D eigenvalue weighted by atomic mass is 10.0. The lowest BCUT2D eigenvalue weighted by Gasteiger charge is -2.34. The van der Waals surface area contributed by atoms with Gasteiger partial charge in [0.05, 0.1) is 35.2 Å². The number of amides is 1. The number of carbonyl (C=O) groups is 1. The van der Waals surface area contributed by atoms with Crippen molar-refractivity contribution < 1.29 is 27.1 Å². The number of hydrogen-bond donors (Lipinski definition) is 0. The number of ether oxygens (including phenoxy) is 1. The molecule has 0 saturated carbocycles. The molecule has 33 heavy (non-hydrogen) atoms. The van der Waals surface area contributed by atoms with E-state index >= 15 is 0 Å². The van der Waals surface area contributed by atoms with Crippen molar-refractivity contribution in [3.05, 3.63) is 65.9 Å². The average molecular weight is 465 g/mol. The van der Waals surface area contributed by atoms with Crippen LogP contribution in [0.4, 0.5) is 17.6 Å². The normalized spacial score (nSPS) is 13.4. The van der Waals surface area contributed by atoms with E-state index in [9.17, 15) is 22.4 Å². The first-order valence-electron chi connectivity index (χ1n) is 10.3. The van der Waals surface area contributed by atoms with Crippen molar-refractivity contribution in [3.63, 3.8) is 0 Å². The quantitative estimate of drug-likeness (QED) is 0.457. The van der Waals surface area contributed by atoms with E-state index in [0.29, 0.717) is 18.3 Å². The molecule has 7 nitrogen and oxygen atoms in total. The first-order chi connectivity index (χ1) is 15.7. The largest absolute Gasteiger partial charge is 0.472 e. The lowest BCUT2D eigenvalue weighted by Crippen LogP contribution is -2.48. The number of halogens is 4. The Hall–Kier alpha value is -3.50. The summed E-state index contributed by atoms with van der Waals surface area (Å²) in [5, 5.41) is 8.05. The molecule has 1 aromatic carbocycles. The molecule has 0 radical (unpaired) electrons. The van der Waals surface area contributed by atoms with Crippen LogP contribution in [0, 0.1) is 5.82 Å². The molecule has 0 fully saturated rings. The summed E-state index contributed by atoms with van der Waals surface area (Å²) in [6, 6.07) is 5.31. The van der Waals surface area contributed by atoms with Gasteiger partial charge in [0.15, 0.2) is 0 Å². The van der Waals surface area contributed by atoms with Crippen molar-refractivity contribution in [1.29, 1.82) is 0 Å². The number of hydrogen-bond acceptors (Lipinski definition) is 5. The number of nitrogens with zero attached hydrogens (tertiary/aromatic N) is 5. The van der Waals surface area contributed by atoms with E-state index in [0.717, 1.165) is 18.2 Å². The summed E-state index contributed by atoms with van der Waals surface area (Å²) < 4.78 is 58.1. The number of likely N-dealkylation sites (N-methyl/N-ethyl adjacent to an activating group) is 1. The summed E-state index contributed by atoms with van der Waals surface area (Å²) in [7, 11) is 0. The molecule has 0 aliphatic rings. The van der Waals surface area contributed by atoms with Crippen LogP contribution in [0.3, 0.4) is 0 Å². The van der Waals surface area contributed by atoms with Crippen molar-refractivity contribution in [2.75, 3.05) is 6.54 Å². The van der Waals surface area contributed by atoms with Crippen molar-refractivity contribution in [2.24, 2.45) is 0 Å². The number of alkyl halides is 3. The third kappa shape index (κ3) is 5.47. The molecule has 0 aliphatic heterocycles. The predicted molar refractivity (Wildman–Crippen MR) is 111 cm³/mol. The van der Waals surface area contributed by atoms with Gasteiger partial charge in [-0.3, -0.25) is 4.79 Å². The van der Waals surface area contributed by atoms with E-state index in [1.807, 2.05) is 6.92 Å². The van der Waals surface area contributed by atoms with Crippen LogP contribution in [0.15, 0.2) is 48.9 Å². The molecule has 0 N–H and O–H groups in total. The van der Waals surface area contributed by atoms with E-state index in [4.69, 9.17) is 4.74 Å². The van der Waals surface area contributed by atoms with Crippen molar-refractivity contribution in [2.45, 2.75) is 45.5 Å². The number of aromatic nitrogens is 4. The zero-order chi connectivity index (χ0) is 24.2. The van der Waals surface area contributed by atoms with Crippen LogP contribution < -0.4 is 4.74 Å². The van der Waals surface area contributed by atoms with E-state index in [-0.39, 0.29) is 18.0 Å². The van der Waals surface area contributed by atoms with Crippen LogP contribution in [0.1, 0.15) is 43.1 Å². The zero-order valence-electron chi connectivity index (χ0n) is 18.3. The van der Waals surface area contributed by atoms with Gasteiger partial charge < -0.3 is 9.64 Å². The third-order valence-corrected chi connectivity index (χ3v) is 5.16. The monoisotopic (exact) mass is 465 g/mol. The highest BCUT2D eigenvalue weighted by Crippen LogP contribution is 2.29. The lowest BCUT2D eigenvalue weighted by molar-refractivity contribution is -0.137. The Bertz CT molecular complexity index is 1070. The van der Waals surface area contributed by atoms with Crippen LogP contribution in [-0.4, -0.2) is 49.5 Å². The molecule has 176 valence electrons. The summed E-state index contributed by atoms with van der Waals surface area (Å²) in [4.78, 5) is 19.9. The first kappa shape index (κ1) is 24.1. The molecule has 11 heteroatoms. The van der Waals surface area contributed by atoms with Gasteiger partial charge in [-0.05, 0) is 44.5 Å². The molecule has 1 amide bonds. The zero-order valence-corrected chi connectivity index (χ0v) is 18.3. The van der Waals surface area contributed by atoms with Gasteiger partial charge >= 0.3 is 6.18 Å². The molecule has 0 bridgehead atoms. The van der Waals surface area contributed by atoms with Crippen molar-refractivity contribution in [1.82, 2.24) is 24.9 Å². The van der Waals surface area contributed by atoms with Crippen LogP contribution in [0.5, 0.6) is 5.88 Å². The Morgan fingerprint density at radius 2 is 1.85 bits per heavy atom. The van der Waals surface area contributed by atoms with Crippen LogP contribution in [-0.2, 0) is 6.18 Å². The Labute approximate surface area is 188 Å². The molecule has 0 spiro atoms. The summed E-state index contributed by atoms with van der Waals surface area (Å²) in [5.74, 6) is -1.03. The highest BCUT2D eigenvalue weighted by Gasteiger charge is 2.32. The van der Waals surface area contributed by atoms with Gasteiger partial charge in [0.1, 0.15) is 11.9 Å². The predicted octanol–water partition coefficient (Wildman–Crippen LogP) is 4.53. The summed E-state index contributed by atoms with van der Waals surface area (Å²) in [5.41, 5.74) is -0.491. The molecule has 3 aromatic rings. The van der Waals surface area contributed by atoms with Gasteiger partial charge in [-0.15, -0.1) is 0 Å². The SMILES string of the molecule is CCC(C(C)Oc1ccc(C(F)(F)F)cn1)N(CC)C(=O)c1cc(F)ccc1-n1nccn1. The van der Waals surface area contributed by atoms with Gasteiger partial charge in [0.25, 0.3) is 5.91 Å². The van der Waals surface area contributed by atoms with Crippen LogP contribution >= 0.6 is 0 Å². The second kappa shape index (κ2) is 9.97. The summed E-state index contributed by atoms with van der Waals surface area (Å²) in [6.07, 6.45) is -1.05. The summed E-state index contributed by atoms with van der Waals surface area (Å²) in [6.45, 7) is 5.61. The Balaban J connectivity index is 1.85. The smallest absolute Gasteiger partial charge is 0.417 e. The second-order valence-corrected chi connectivity index (χ2v) is 7.25. The van der Waals surface area contributed by atoms with Crippen molar-refractivity contribution in [3.8, 4) is 11.6 Å². The molecule has 0 saturated heterocycles. The maximum atomic E-state index is 14.0. The van der Waals surface area contributed by atoms with Crippen molar-refractivity contribution >= 4 is 5.91 Å². The van der Waals surface area contributed by atoms with Gasteiger partial charge in [0, 0.05) is 18.8 Å². The van der Waals surface area contributed by atoms with Gasteiger partial charge in [-0.25, -0.2) is 9.37 Å². The van der Waals surface area contributed by atoms with Gasteiger partial charge in [0.2, 0.25) is 5.88 Å². The second-order valence-electron chi connectivity index (χ2n) is 7.25. The fourth-order valence-corrected chi connectivity index (χ4v) is 3.57. The van der Waals surface area contributed by atoms with E-state index in [1.54, 1.807) is 13.8 Å². The van der Waals surface area contributed by atoms with Gasteiger partial charge in [-0.1, -0.05) is 6.92 Å². The molecule has 2 heterocycles. The highest BCUT2D eigenvalue weighted by atomic mass is 19.4. The molecule has 3 rings (SSSR count). The molecular formula is C22H23F4N5O2. The van der Waals surface area contributed by atoms with Gasteiger partial charge in [-0.2, -0.15) is 28.2 Å². The Morgan fingerprint density at radius 1 is 1.15 bits per heavy atom. The minimum Gasteiger partial charge on any atom is -0.472 e. The first-order valence-corrected chi connectivity index (χ1v) is 10.3. The molecule has 2 unspecified atom stereocenters. The van der Waals surface area contributed by atoms with Crippen LogP contribution in [0.25, 0.3) is 5.69 Å². The molecule has 0 aliphatic carbocycles. The van der Waals surface area contributed by atoms with E-state index in [2.05, 4.69) is 15.2 Å². The van der Waals surface area contributed by atoms with E-state index in [1.165, 1.54) is 34.2 Å². The minimum atomic E-state index is -4.50. The fraction of sp³-hybridized carbons (Fsp3) is 0.364.